The SMILES string of the molecule is COC(=O)c1ccc(Oc2cc(F)ccc2Br)nc1C. The number of halogens is 2. The van der Waals surface area contributed by atoms with Crippen LogP contribution in [0.5, 0.6) is 11.6 Å². The molecule has 0 atom stereocenters. The third-order valence-electron chi connectivity index (χ3n) is 2.57. The molecule has 0 N–H and O–H groups in total. The normalized spacial score (nSPS) is 10.2. The highest BCUT2D eigenvalue weighted by Crippen LogP contribution is 2.29. The van der Waals surface area contributed by atoms with Crippen molar-refractivity contribution in [1.82, 2.24) is 4.98 Å². The Morgan fingerprint density at radius 2 is 2.05 bits per heavy atom. The van der Waals surface area contributed by atoms with Gasteiger partial charge in [-0.05, 0) is 41.1 Å². The molecule has 0 radical (unpaired) electrons. The number of esters is 1. The molecule has 1 aromatic heterocycles. The Morgan fingerprint density at radius 1 is 1.30 bits per heavy atom. The molecule has 104 valence electrons. The number of nitrogens with zero attached hydrogens (tertiary/aromatic N) is 1. The first-order chi connectivity index (χ1) is 9.51. The van der Waals surface area contributed by atoms with Crippen LogP contribution in [-0.4, -0.2) is 18.1 Å². The van der Waals surface area contributed by atoms with Crippen LogP contribution in [-0.2, 0) is 4.74 Å². The molecular formula is C14H11BrFNO3. The molecule has 0 aliphatic rings. The fraction of sp³-hybridized carbons (Fsp3) is 0.143. The van der Waals surface area contributed by atoms with E-state index in [1.807, 2.05) is 0 Å². The maximum absolute atomic E-state index is 13.2. The van der Waals surface area contributed by atoms with Crippen LogP contribution in [0.2, 0.25) is 0 Å². The first-order valence-corrected chi connectivity index (χ1v) is 6.49. The van der Waals surface area contributed by atoms with E-state index in [1.165, 1.54) is 25.3 Å². The minimum absolute atomic E-state index is 0.265. The molecule has 0 aliphatic carbocycles. The summed E-state index contributed by atoms with van der Waals surface area (Å²) in [7, 11) is 1.30. The number of carbonyl (C=O) groups excluding carboxylic acids is 1. The zero-order chi connectivity index (χ0) is 14.7. The van der Waals surface area contributed by atoms with Gasteiger partial charge in [0.05, 0.1) is 22.8 Å². The van der Waals surface area contributed by atoms with Gasteiger partial charge in [-0.15, -0.1) is 0 Å². The second-order valence-corrected chi connectivity index (χ2v) is 4.81. The molecule has 0 fully saturated rings. The van der Waals surface area contributed by atoms with E-state index >= 15 is 0 Å². The van der Waals surface area contributed by atoms with E-state index in [0.29, 0.717) is 21.5 Å². The maximum Gasteiger partial charge on any atom is 0.339 e. The average molecular weight is 340 g/mol. The van der Waals surface area contributed by atoms with Crippen LogP contribution in [0.15, 0.2) is 34.8 Å². The Balaban J connectivity index is 2.29. The summed E-state index contributed by atoms with van der Waals surface area (Å²) in [6.45, 7) is 1.67. The number of benzene rings is 1. The van der Waals surface area contributed by atoms with E-state index in [-0.39, 0.29) is 5.88 Å². The summed E-state index contributed by atoms with van der Waals surface area (Å²) in [5.74, 6) is -0.302. The second kappa shape index (κ2) is 6.00. The third kappa shape index (κ3) is 3.14. The van der Waals surface area contributed by atoms with Crippen LogP contribution in [0.25, 0.3) is 0 Å². The van der Waals surface area contributed by atoms with E-state index in [4.69, 9.17) is 4.74 Å². The Kier molecular flexibility index (Phi) is 4.34. The summed E-state index contributed by atoms with van der Waals surface area (Å²) in [5.41, 5.74) is 0.833. The fourth-order valence-corrected chi connectivity index (χ4v) is 1.92. The molecule has 0 aliphatic heterocycles. The first kappa shape index (κ1) is 14.5. The minimum Gasteiger partial charge on any atom is -0.465 e. The van der Waals surface area contributed by atoms with Crippen LogP contribution in [0, 0.1) is 12.7 Å². The lowest BCUT2D eigenvalue weighted by molar-refractivity contribution is 0.0599. The van der Waals surface area contributed by atoms with E-state index in [0.717, 1.165) is 0 Å². The van der Waals surface area contributed by atoms with Gasteiger partial charge in [0, 0.05) is 12.1 Å². The topological polar surface area (TPSA) is 48.4 Å². The lowest BCUT2D eigenvalue weighted by Gasteiger charge is -2.09. The minimum atomic E-state index is -0.464. The van der Waals surface area contributed by atoms with Gasteiger partial charge in [0.2, 0.25) is 5.88 Å². The number of aryl methyl sites for hydroxylation is 1. The molecule has 4 nitrogen and oxygen atoms in total. The average Bonchev–Trinajstić information content (AvgIpc) is 2.42. The number of methoxy groups -OCH3 is 1. The lowest BCUT2D eigenvalue weighted by atomic mass is 10.2. The van der Waals surface area contributed by atoms with Crippen molar-refractivity contribution in [2.75, 3.05) is 7.11 Å². The Hall–Kier alpha value is -1.95. The van der Waals surface area contributed by atoms with Crippen molar-refractivity contribution in [1.29, 1.82) is 0 Å². The summed E-state index contributed by atoms with van der Waals surface area (Å²) in [4.78, 5) is 15.6. The molecule has 1 heterocycles. The monoisotopic (exact) mass is 339 g/mol. The van der Waals surface area contributed by atoms with Crippen molar-refractivity contribution in [3.8, 4) is 11.6 Å². The lowest BCUT2D eigenvalue weighted by Crippen LogP contribution is -2.05. The molecule has 2 rings (SSSR count). The van der Waals surface area contributed by atoms with Crippen molar-refractivity contribution in [2.24, 2.45) is 0 Å². The fourth-order valence-electron chi connectivity index (χ4n) is 1.59. The van der Waals surface area contributed by atoms with Gasteiger partial charge in [-0.1, -0.05) is 0 Å². The number of ether oxygens (including phenoxy) is 2. The standard InChI is InChI=1S/C14H11BrFNO3/c1-8-10(14(18)19-2)4-6-13(17-8)20-12-7-9(16)3-5-11(12)15/h3-7H,1-2H3. The number of hydrogen-bond donors (Lipinski definition) is 0. The van der Waals surface area contributed by atoms with Crippen LogP contribution in [0.1, 0.15) is 16.1 Å². The van der Waals surface area contributed by atoms with Gasteiger partial charge >= 0.3 is 5.97 Å². The highest BCUT2D eigenvalue weighted by atomic mass is 79.9. The second-order valence-electron chi connectivity index (χ2n) is 3.95. The van der Waals surface area contributed by atoms with Gasteiger partial charge in [-0.3, -0.25) is 0 Å². The molecule has 0 saturated carbocycles. The van der Waals surface area contributed by atoms with Crippen LogP contribution < -0.4 is 4.74 Å². The Labute approximate surface area is 123 Å². The van der Waals surface area contributed by atoms with Crippen molar-refractivity contribution in [2.45, 2.75) is 6.92 Å². The number of carbonyl (C=O) groups is 1. The highest BCUT2D eigenvalue weighted by Gasteiger charge is 2.12. The molecule has 0 bridgehead atoms. The van der Waals surface area contributed by atoms with Crippen molar-refractivity contribution >= 4 is 21.9 Å². The maximum atomic E-state index is 13.2. The number of hydrogen-bond acceptors (Lipinski definition) is 4. The Morgan fingerprint density at radius 3 is 2.70 bits per heavy atom. The summed E-state index contributed by atoms with van der Waals surface area (Å²) in [6, 6.07) is 7.18. The summed E-state index contributed by atoms with van der Waals surface area (Å²) in [5, 5.41) is 0. The van der Waals surface area contributed by atoms with Crippen molar-refractivity contribution in [3.63, 3.8) is 0 Å². The predicted octanol–water partition coefficient (Wildman–Crippen LogP) is 3.87. The van der Waals surface area contributed by atoms with Gasteiger partial charge in [0.15, 0.2) is 0 Å². The van der Waals surface area contributed by atoms with Crippen molar-refractivity contribution in [3.05, 3.63) is 51.9 Å². The Bertz CT molecular complexity index is 661. The van der Waals surface area contributed by atoms with E-state index in [9.17, 15) is 9.18 Å². The van der Waals surface area contributed by atoms with E-state index in [2.05, 4.69) is 25.7 Å². The molecule has 1 aromatic carbocycles. The molecular weight excluding hydrogens is 329 g/mol. The first-order valence-electron chi connectivity index (χ1n) is 5.70. The van der Waals surface area contributed by atoms with Crippen LogP contribution in [0.3, 0.4) is 0 Å². The summed E-state index contributed by atoms with van der Waals surface area (Å²) >= 11 is 3.26. The predicted molar refractivity (Wildman–Crippen MR) is 74.5 cm³/mol. The van der Waals surface area contributed by atoms with Gasteiger partial charge in [-0.2, -0.15) is 0 Å². The highest BCUT2D eigenvalue weighted by molar-refractivity contribution is 9.10. The van der Waals surface area contributed by atoms with Gasteiger partial charge in [0.1, 0.15) is 11.6 Å². The van der Waals surface area contributed by atoms with Crippen molar-refractivity contribution < 1.29 is 18.7 Å². The smallest absolute Gasteiger partial charge is 0.339 e. The quantitative estimate of drug-likeness (QED) is 0.796. The molecule has 0 unspecified atom stereocenters. The van der Waals surface area contributed by atoms with E-state index in [1.54, 1.807) is 19.1 Å². The molecule has 0 amide bonds. The van der Waals surface area contributed by atoms with Gasteiger partial charge in [-0.25, -0.2) is 14.2 Å². The number of pyridine rings is 1. The van der Waals surface area contributed by atoms with Crippen LogP contribution >= 0.6 is 15.9 Å². The largest absolute Gasteiger partial charge is 0.465 e. The van der Waals surface area contributed by atoms with Crippen LogP contribution in [0.4, 0.5) is 4.39 Å². The zero-order valence-electron chi connectivity index (χ0n) is 10.8. The number of rotatable bonds is 3. The summed E-state index contributed by atoms with van der Waals surface area (Å²) in [6.07, 6.45) is 0. The number of aromatic nitrogens is 1. The summed E-state index contributed by atoms with van der Waals surface area (Å²) < 4.78 is 23.9. The zero-order valence-corrected chi connectivity index (χ0v) is 12.4. The van der Waals surface area contributed by atoms with Gasteiger partial charge < -0.3 is 9.47 Å². The molecule has 6 heteroatoms. The van der Waals surface area contributed by atoms with E-state index < -0.39 is 11.8 Å². The molecule has 20 heavy (non-hydrogen) atoms. The molecule has 0 spiro atoms. The molecule has 2 aromatic rings. The molecule has 0 saturated heterocycles. The third-order valence-corrected chi connectivity index (χ3v) is 3.23. The van der Waals surface area contributed by atoms with Gasteiger partial charge in [0.25, 0.3) is 0 Å².